The Labute approximate surface area is 161 Å². The van der Waals surface area contributed by atoms with Crippen molar-refractivity contribution in [2.75, 3.05) is 33.3 Å². The number of aliphatic imine (C=N–C) groups is 1. The smallest absolute Gasteiger partial charge is 0.322 e. The number of carbonyl (C=O) groups excluding carboxylic acids is 2. The maximum absolute atomic E-state index is 12.1. The first-order chi connectivity index (χ1) is 13.0. The van der Waals surface area contributed by atoms with E-state index >= 15 is 0 Å². The Morgan fingerprint density at radius 2 is 1.93 bits per heavy atom. The monoisotopic (exact) mass is 379 g/mol. The number of piperidine rings is 1. The standard InChI is InChI=1S/C19H33N5O3/c1-19(16(25)22-18(26)23-19)14-8-11-24(12-9-14)17(20-2)21-10-13-27-15-6-4-3-5-7-15/h14-15H,3-13H2,1-2H3,(H,20,21)(H2,22,23,25,26). The van der Waals surface area contributed by atoms with Crippen LogP contribution < -0.4 is 16.0 Å². The Morgan fingerprint density at radius 3 is 2.52 bits per heavy atom. The normalized spacial score (nSPS) is 28.2. The van der Waals surface area contributed by atoms with E-state index < -0.39 is 5.54 Å². The molecule has 27 heavy (non-hydrogen) atoms. The van der Waals surface area contributed by atoms with Gasteiger partial charge in [0.15, 0.2) is 5.96 Å². The number of nitrogens with zero attached hydrogens (tertiary/aromatic N) is 2. The highest BCUT2D eigenvalue weighted by Gasteiger charge is 2.48. The van der Waals surface area contributed by atoms with Crippen molar-refractivity contribution >= 4 is 17.9 Å². The Hall–Kier alpha value is -1.83. The molecule has 2 heterocycles. The Kier molecular flexibility index (Phi) is 6.57. The highest BCUT2D eigenvalue weighted by atomic mass is 16.5. The zero-order valence-corrected chi connectivity index (χ0v) is 16.6. The molecule has 3 fully saturated rings. The lowest BCUT2D eigenvalue weighted by molar-refractivity contribution is -0.125. The van der Waals surface area contributed by atoms with Crippen LogP contribution in [0.3, 0.4) is 0 Å². The Bertz CT molecular complexity index is 568. The van der Waals surface area contributed by atoms with E-state index in [1.165, 1.54) is 32.1 Å². The molecular weight excluding hydrogens is 346 g/mol. The summed E-state index contributed by atoms with van der Waals surface area (Å²) in [5.74, 6) is 0.798. The number of carbonyl (C=O) groups is 2. The molecule has 1 saturated carbocycles. The average molecular weight is 380 g/mol. The lowest BCUT2D eigenvalue weighted by Gasteiger charge is -2.39. The summed E-state index contributed by atoms with van der Waals surface area (Å²) in [7, 11) is 1.79. The number of amides is 3. The van der Waals surface area contributed by atoms with Gasteiger partial charge in [0.25, 0.3) is 5.91 Å². The van der Waals surface area contributed by atoms with Gasteiger partial charge in [-0.25, -0.2) is 4.79 Å². The van der Waals surface area contributed by atoms with Crippen molar-refractivity contribution in [2.24, 2.45) is 10.9 Å². The highest BCUT2D eigenvalue weighted by Crippen LogP contribution is 2.30. The van der Waals surface area contributed by atoms with Gasteiger partial charge in [0, 0.05) is 26.7 Å². The predicted octanol–water partition coefficient (Wildman–Crippen LogP) is 1.22. The molecule has 0 spiro atoms. The summed E-state index contributed by atoms with van der Waals surface area (Å²) in [5, 5.41) is 8.55. The maximum atomic E-state index is 12.1. The number of ether oxygens (including phenoxy) is 1. The van der Waals surface area contributed by atoms with E-state index in [1.54, 1.807) is 7.05 Å². The summed E-state index contributed by atoms with van der Waals surface area (Å²) < 4.78 is 5.96. The molecule has 3 aliphatic rings. The van der Waals surface area contributed by atoms with Crippen LogP contribution in [0.4, 0.5) is 4.79 Å². The molecule has 8 heteroatoms. The van der Waals surface area contributed by atoms with Crippen LogP contribution in [0.5, 0.6) is 0 Å². The van der Waals surface area contributed by atoms with Crippen molar-refractivity contribution in [1.29, 1.82) is 0 Å². The van der Waals surface area contributed by atoms with Crippen molar-refractivity contribution in [3.8, 4) is 0 Å². The minimum atomic E-state index is -0.798. The molecule has 2 saturated heterocycles. The topological polar surface area (TPSA) is 95.1 Å². The van der Waals surface area contributed by atoms with Gasteiger partial charge in [0.1, 0.15) is 5.54 Å². The number of hydrogen-bond acceptors (Lipinski definition) is 4. The van der Waals surface area contributed by atoms with Crippen LogP contribution in [0, 0.1) is 5.92 Å². The van der Waals surface area contributed by atoms with E-state index in [-0.39, 0.29) is 17.9 Å². The van der Waals surface area contributed by atoms with Gasteiger partial charge in [-0.3, -0.25) is 15.1 Å². The average Bonchev–Trinajstić information content (AvgIpc) is 2.95. The van der Waals surface area contributed by atoms with Gasteiger partial charge < -0.3 is 20.3 Å². The molecule has 1 atom stereocenters. The van der Waals surface area contributed by atoms with Crippen molar-refractivity contribution < 1.29 is 14.3 Å². The van der Waals surface area contributed by atoms with E-state index in [2.05, 4.69) is 25.8 Å². The van der Waals surface area contributed by atoms with Crippen LogP contribution in [0.1, 0.15) is 51.9 Å². The lowest BCUT2D eigenvalue weighted by atomic mass is 9.79. The van der Waals surface area contributed by atoms with Gasteiger partial charge in [0.2, 0.25) is 0 Å². The molecule has 0 bridgehead atoms. The van der Waals surface area contributed by atoms with Crippen LogP contribution >= 0.6 is 0 Å². The van der Waals surface area contributed by atoms with Crippen LogP contribution in [0.15, 0.2) is 4.99 Å². The number of likely N-dealkylation sites (tertiary alicyclic amines) is 1. The molecule has 1 aliphatic carbocycles. The van der Waals surface area contributed by atoms with E-state index in [9.17, 15) is 9.59 Å². The Morgan fingerprint density at radius 1 is 1.22 bits per heavy atom. The molecule has 0 aromatic carbocycles. The second kappa shape index (κ2) is 8.91. The summed E-state index contributed by atoms with van der Waals surface area (Å²) in [4.78, 5) is 30.2. The molecule has 3 rings (SSSR count). The van der Waals surface area contributed by atoms with Crippen molar-refractivity contribution in [2.45, 2.75) is 63.5 Å². The summed E-state index contributed by atoms with van der Waals surface area (Å²) in [5.41, 5.74) is -0.798. The van der Waals surface area contributed by atoms with Crippen LogP contribution in [-0.2, 0) is 9.53 Å². The molecular formula is C19H33N5O3. The van der Waals surface area contributed by atoms with E-state index in [4.69, 9.17) is 4.74 Å². The first-order valence-electron chi connectivity index (χ1n) is 10.2. The summed E-state index contributed by atoms with van der Waals surface area (Å²) in [6.45, 7) is 4.89. The van der Waals surface area contributed by atoms with Crippen molar-refractivity contribution in [3.05, 3.63) is 0 Å². The van der Waals surface area contributed by atoms with Crippen LogP contribution in [-0.4, -0.2) is 67.7 Å². The molecule has 0 radical (unpaired) electrons. The van der Waals surface area contributed by atoms with Gasteiger partial charge in [-0.05, 0) is 38.5 Å². The van der Waals surface area contributed by atoms with Gasteiger partial charge in [-0.15, -0.1) is 0 Å². The summed E-state index contributed by atoms with van der Waals surface area (Å²) in [6.07, 6.45) is 8.37. The molecule has 2 aliphatic heterocycles. The van der Waals surface area contributed by atoms with E-state index in [0.29, 0.717) is 12.7 Å². The Balaban J connectivity index is 1.41. The minimum Gasteiger partial charge on any atom is -0.376 e. The van der Waals surface area contributed by atoms with Gasteiger partial charge in [0.05, 0.1) is 12.7 Å². The first-order valence-corrected chi connectivity index (χ1v) is 10.2. The van der Waals surface area contributed by atoms with E-state index in [1.807, 2.05) is 6.92 Å². The summed E-state index contributed by atoms with van der Waals surface area (Å²) in [6, 6.07) is -0.389. The number of nitrogens with one attached hydrogen (secondary N) is 3. The third-order valence-electron chi connectivity index (χ3n) is 6.19. The van der Waals surface area contributed by atoms with E-state index in [0.717, 1.165) is 38.4 Å². The number of rotatable bonds is 5. The van der Waals surface area contributed by atoms with Gasteiger partial charge in [-0.1, -0.05) is 19.3 Å². The predicted molar refractivity (Wildman–Crippen MR) is 104 cm³/mol. The molecule has 152 valence electrons. The lowest BCUT2D eigenvalue weighted by Crippen LogP contribution is -2.55. The largest absolute Gasteiger partial charge is 0.376 e. The number of urea groups is 1. The van der Waals surface area contributed by atoms with Crippen LogP contribution in [0.25, 0.3) is 0 Å². The zero-order chi connectivity index (χ0) is 19.3. The SMILES string of the molecule is CN=C(NCCOC1CCCCC1)N1CCC(C2(C)NC(=O)NC2=O)CC1. The van der Waals surface area contributed by atoms with Crippen LogP contribution in [0.2, 0.25) is 0 Å². The molecule has 0 aromatic rings. The number of hydrogen-bond donors (Lipinski definition) is 3. The minimum absolute atomic E-state index is 0.132. The maximum Gasteiger partial charge on any atom is 0.322 e. The molecule has 1 unspecified atom stereocenters. The fraction of sp³-hybridized carbons (Fsp3) is 0.842. The van der Waals surface area contributed by atoms with Gasteiger partial charge in [-0.2, -0.15) is 0 Å². The highest BCUT2D eigenvalue weighted by molar-refractivity contribution is 6.07. The molecule has 8 nitrogen and oxygen atoms in total. The fourth-order valence-electron chi connectivity index (χ4n) is 4.47. The first kappa shape index (κ1) is 19.9. The van der Waals surface area contributed by atoms with Crippen molar-refractivity contribution in [3.63, 3.8) is 0 Å². The summed E-state index contributed by atoms with van der Waals surface area (Å²) >= 11 is 0. The number of guanidine groups is 1. The molecule has 0 aromatic heterocycles. The van der Waals surface area contributed by atoms with Crippen molar-refractivity contribution in [1.82, 2.24) is 20.9 Å². The third kappa shape index (κ3) is 4.72. The molecule has 3 N–H and O–H groups in total. The second-order valence-corrected chi connectivity index (χ2v) is 7.98. The van der Waals surface area contributed by atoms with Gasteiger partial charge >= 0.3 is 6.03 Å². The molecule has 3 amide bonds. The fourth-order valence-corrected chi connectivity index (χ4v) is 4.47. The second-order valence-electron chi connectivity index (χ2n) is 7.98. The third-order valence-corrected chi connectivity index (χ3v) is 6.19. The quantitative estimate of drug-likeness (QED) is 0.289. The zero-order valence-electron chi connectivity index (χ0n) is 16.6. The number of imide groups is 1.